The van der Waals surface area contributed by atoms with E-state index in [0.29, 0.717) is 26.5 Å². The molecule has 0 aliphatic heterocycles. The lowest BCUT2D eigenvalue weighted by Gasteiger charge is -2.31. The van der Waals surface area contributed by atoms with Crippen molar-refractivity contribution in [1.82, 2.24) is 34.6 Å². The molecule has 0 saturated heterocycles. The van der Waals surface area contributed by atoms with Crippen molar-refractivity contribution in [3.63, 3.8) is 0 Å². The zero-order valence-corrected chi connectivity index (χ0v) is 21.4. The molecule has 0 aliphatic rings. The van der Waals surface area contributed by atoms with Crippen molar-refractivity contribution < 1.29 is 27.2 Å². The molecule has 0 spiro atoms. The van der Waals surface area contributed by atoms with Crippen molar-refractivity contribution in [1.29, 1.82) is 0 Å². The molecule has 0 radical (unpaired) electrons. The summed E-state index contributed by atoms with van der Waals surface area (Å²) in [5.41, 5.74) is 6.83. The van der Waals surface area contributed by atoms with Crippen LogP contribution in [0.15, 0.2) is 48.9 Å². The maximum atomic E-state index is 15.2. The first-order valence-electron chi connectivity index (χ1n) is 11.8. The molecule has 14 heteroatoms. The van der Waals surface area contributed by atoms with Crippen LogP contribution >= 0.6 is 0 Å². The molecule has 2 amide bonds. The second-order valence-corrected chi connectivity index (χ2v) is 9.07. The number of rotatable bonds is 5. The van der Waals surface area contributed by atoms with Gasteiger partial charge in [-0.25, -0.2) is 23.5 Å². The van der Waals surface area contributed by atoms with Crippen molar-refractivity contribution in [2.75, 3.05) is 12.8 Å². The molecule has 0 fully saturated rings. The molecule has 0 atom stereocenters. The normalized spacial score (nSPS) is 11.5. The molecule has 5 aromatic rings. The number of carbonyl (C=O) groups excluding carboxylic acids is 2. The maximum absolute atomic E-state index is 15.2. The van der Waals surface area contributed by atoms with Gasteiger partial charge in [0.1, 0.15) is 17.5 Å². The maximum Gasteiger partial charge on any atom is 0.333 e. The molecule has 206 valence electrons. The SMILES string of the molecule is CC(=O)N(C)N(Cc1c(F)cc(-c2cnn(C(F)F)c2)cc1F)C(=O)c1ccc2nc(N)c3cnn(C)c3c2c1. The molecule has 3 aromatic heterocycles. The Labute approximate surface area is 224 Å². The largest absolute Gasteiger partial charge is 0.383 e. The molecule has 10 nitrogen and oxygen atoms in total. The van der Waals surface area contributed by atoms with Crippen molar-refractivity contribution in [3.8, 4) is 11.1 Å². The second-order valence-electron chi connectivity index (χ2n) is 9.07. The van der Waals surface area contributed by atoms with Crippen LogP contribution in [0.4, 0.5) is 23.4 Å². The predicted octanol–water partition coefficient (Wildman–Crippen LogP) is 4.28. The molecule has 40 heavy (non-hydrogen) atoms. The van der Waals surface area contributed by atoms with E-state index in [1.807, 2.05) is 0 Å². The lowest BCUT2D eigenvalue weighted by atomic mass is 10.0. The van der Waals surface area contributed by atoms with Crippen LogP contribution in [0.2, 0.25) is 0 Å². The van der Waals surface area contributed by atoms with Gasteiger partial charge in [0.25, 0.3) is 5.91 Å². The van der Waals surface area contributed by atoms with Crippen LogP contribution in [-0.4, -0.2) is 53.4 Å². The van der Waals surface area contributed by atoms with E-state index in [1.54, 1.807) is 30.1 Å². The monoisotopic (exact) mass is 554 g/mol. The third-order valence-electron chi connectivity index (χ3n) is 6.59. The highest BCUT2D eigenvalue weighted by Crippen LogP contribution is 2.30. The molecule has 0 bridgehead atoms. The smallest absolute Gasteiger partial charge is 0.333 e. The van der Waals surface area contributed by atoms with Crippen molar-refractivity contribution in [2.24, 2.45) is 7.05 Å². The number of benzene rings is 2. The summed E-state index contributed by atoms with van der Waals surface area (Å²) in [4.78, 5) is 30.3. The van der Waals surface area contributed by atoms with E-state index in [4.69, 9.17) is 5.73 Å². The summed E-state index contributed by atoms with van der Waals surface area (Å²) < 4.78 is 58.1. The highest BCUT2D eigenvalue weighted by Gasteiger charge is 2.27. The van der Waals surface area contributed by atoms with Gasteiger partial charge in [0.05, 0.1) is 35.4 Å². The van der Waals surface area contributed by atoms with Gasteiger partial charge in [-0.3, -0.25) is 19.3 Å². The van der Waals surface area contributed by atoms with Gasteiger partial charge in [-0.15, -0.1) is 0 Å². The lowest BCUT2D eigenvalue weighted by Crippen LogP contribution is -2.46. The first kappa shape index (κ1) is 26.6. The Kier molecular flexibility index (Phi) is 6.61. The summed E-state index contributed by atoms with van der Waals surface area (Å²) in [6.45, 7) is -2.35. The summed E-state index contributed by atoms with van der Waals surface area (Å²) in [7, 11) is 3.00. The van der Waals surface area contributed by atoms with Crippen molar-refractivity contribution >= 4 is 39.4 Å². The van der Waals surface area contributed by atoms with E-state index in [2.05, 4.69) is 15.2 Å². The highest BCUT2D eigenvalue weighted by atomic mass is 19.3. The zero-order valence-electron chi connectivity index (χ0n) is 21.4. The number of carbonyl (C=O) groups is 2. The Balaban J connectivity index is 1.54. The van der Waals surface area contributed by atoms with Crippen molar-refractivity contribution in [2.45, 2.75) is 20.0 Å². The number of pyridine rings is 1. The van der Waals surface area contributed by atoms with Gasteiger partial charge in [-0.05, 0) is 35.9 Å². The summed E-state index contributed by atoms with van der Waals surface area (Å²) in [6, 6.07) is 6.50. The number of amides is 2. The standard InChI is InChI=1S/C26H22F4N8O2/c1-13(39)36(3)38(12-19-20(27)7-15(8-21(19)28)16-9-33-37(11-16)26(29)30)25(40)14-4-5-22-17(6-14)23-18(24(31)34-22)10-32-35(23)2/h4-11,26H,12H2,1-3H3,(H2,31,34). The number of hydrazine groups is 1. The van der Waals surface area contributed by atoms with Crippen LogP contribution in [0.25, 0.3) is 32.9 Å². The molecule has 2 N–H and O–H groups in total. The predicted molar refractivity (Wildman–Crippen MR) is 138 cm³/mol. The average molecular weight is 555 g/mol. The first-order chi connectivity index (χ1) is 19.0. The number of nitrogens with two attached hydrogens (primary N) is 1. The number of anilines is 1. The molecule has 0 aliphatic carbocycles. The van der Waals surface area contributed by atoms with Gasteiger partial charge < -0.3 is 5.73 Å². The minimum Gasteiger partial charge on any atom is -0.383 e. The zero-order chi connectivity index (χ0) is 28.9. The number of hydrogen-bond donors (Lipinski definition) is 1. The van der Waals surface area contributed by atoms with Crippen LogP contribution < -0.4 is 5.73 Å². The lowest BCUT2D eigenvalue weighted by molar-refractivity contribution is -0.140. The van der Waals surface area contributed by atoms with Crippen LogP contribution in [0.3, 0.4) is 0 Å². The Morgan fingerprint density at radius 1 is 1.02 bits per heavy atom. The summed E-state index contributed by atoms with van der Waals surface area (Å²) in [5.74, 6) is -3.08. The van der Waals surface area contributed by atoms with E-state index in [0.717, 1.165) is 34.5 Å². The number of hydrogen-bond acceptors (Lipinski definition) is 6. The molecule has 5 rings (SSSR count). The Bertz CT molecular complexity index is 1780. The van der Waals surface area contributed by atoms with Gasteiger partial charge >= 0.3 is 6.55 Å². The molecular formula is C26H22F4N8O2. The number of aromatic nitrogens is 5. The number of nitrogens with zero attached hydrogens (tertiary/aromatic N) is 7. The van der Waals surface area contributed by atoms with Crippen LogP contribution in [0.5, 0.6) is 0 Å². The molecular weight excluding hydrogens is 532 g/mol. The van der Waals surface area contributed by atoms with Crippen LogP contribution in [0, 0.1) is 11.6 Å². The number of nitrogen functional groups attached to an aromatic ring is 1. The number of halogens is 4. The quantitative estimate of drug-likeness (QED) is 0.256. The van der Waals surface area contributed by atoms with E-state index >= 15 is 8.78 Å². The second kappa shape index (κ2) is 9.94. The fourth-order valence-electron chi connectivity index (χ4n) is 4.39. The third-order valence-corrected chi connectivity index (χ3v) is 6.59. The van der Waals surface area contributed by atoms with E-state index in [-0.39, 0.29) is 22.5 Å². The third kappa shape index (κ3) is 4.57. The van der Waals surface area contributed by atoms with Crippen molar-refractivity contribution in [3.05, 3.63) is 71.7 Å². The van der Waals surface area contributed by atoms with E-state index in [9.17, 15) is 18.4 Å². The number of alkyl halides is 2. The molecule has 3 heterocycles. The fourth-order valence-corrected chi connectivity index (χ4v) is 4.39. The minimum atomic E-state index is -2.92. The van der Waals surface area contributed by atoms with Gasteiger partial charge in [-0.1, -0.05) is 0 Å². The molecule has 0 saturated carbocycles. The topological polar surface area (TPSA) is 115 Å². The van der Waals surface area contributed by atoms with Gasteiger partial charge in [0.15, 0.2) is 0 Å². The number of fused-ring (bicyclic) bond motifs is 3. The summed E-state index contributed by atoms with van der Waals surface area (Å²) in [5, 5.41) is 10.7. The van der Waals surface area contributed by atoms with Gasteiger partial charge in [0, 0.05) is 49.3 Å². The van der Waals surface area contributed by atoms with Gasteiger partial charge in [-0.2, -0.15) is 19.0 Å². The Morgan fingerprint density at radius 2 is 1.73 bits per heavy atom. The molecule has 2 aromatic carbocycles. The van der Waals surface area contributed by atoms with E-state index in [1.165, 1.54) is 20.0 Å². The average Bonchev–Trinajstić information content (AvgIpc) is 3.56. The minimum absolute atomic E-state index is 0.0232. The highest BCUT2D eigenvalue weighted by molar-refractivity contribution is 6.10. The first-order valence-corrected chi connectivity index (χ1v) is 11.8. The number of aryl methyl sites for hydroxylation is 1. The Hall–Kier alpha value is -5.01. The van der Waals surface area contributed by atoms with Gasteiger partial charge in [0.2, 0.25) is 5.91 Å². The fraction of sp³-hybridized carbons (Fsp3) is 0.192. The Morgan fingerprint density at radius 3 is 2.35 bits per heavy atom. The summed E-state index contributed by atoms with van der Waals surface area (Å²) in [6.07, 6.45) is 3.56. The molecule has 0 unspecified atom stereocenters. The summed E-state index contributed by atoms with van der Waals surface area (Å²) >= 11 is 0. The van der Waals surface area contributed by atoms with Crippen LogP contribution in [-0.2, 0) is 18.4 Å². The van der Waals surface area contributed by atoms with E-state index < -0.39 is 42.1 Å². The van der Waals surface area contributed by atoms with Crippen LogP contribution in [0.1, 0.15) is 29.4 Å².